The van der Waals surface area contributed by atoms with Gasteiger partial charge in [0.2, 0.25) is 0 Å². The Bertz CT molecular complexity index is 790. The molecule has 26 heavy (non-hydrogen) atoms. The highest BCUT2D eigenvalue weighted by molar-refractivity contribution is 5.94. The van der Waals surface area contributed by atoms with Crippen LogP contribution in [0.15, 0.2) is 42.5 Å². The standard InChI is InChI=1S/C18H16F3NO4/c1-11(26-14-5-2-12(3-6-14)18(19,20)21)17(23)22-13-4-7-15-16(10-13)25-9-8-24-15/h2-7,10-11H,8-9H2,1H3,(H,22,23)/t11-/m1/s1. The number of carbonyl (C=O) groups is 1. The second-order valence-electron chi connectivity index (χ2n) is 5.63. The molecule has 1 amide bonds. The number of carbonyl (C=O) groups excluding carboxylic acids is 1. The van der Waals surface area contributed by atoms with Gasteiger partial charge in [-0.1, -0.05) is 0 Å². The van der Waals surface area contributed by atoms with E-state index in [1.54, 1.807) is 18.2 Å². The fraction of sp³-hybridized carbons (Fsp3) is 0.278. The molecule has 8 heteroatoms. The Labute approximate surface area is 147 Å². The highest BCUT2D eigenvalue weighted by Gasteiger charge is 2.30. The van der Waals surface area contributed by atoms with E-state index >= 15 is 0 Å². The van der Waals surface area contributed by atoms with E-state index in [0.717, 1.165) is 12.1 Å². The number of amides is 1. The molecule has 0 saturated heterocycles. The van der Waals surface area contributed by atoms with Crippen LogP contribution in [-0.4, -0.2) is 25.2 Å². The molecule has 0 saturated carbocycles. The third-order valence-electron chi connectivity index (χ3n) is 3.67. The fourth-order valence-electron chi connectivity index (χ4n) is 2.35. The normalized spacial score (nSPS) is 14.5. The predicted octanol–water partition coefficient (Wildman–Crippen LogP) is 3.88. The highest BCUT2D eigenvalue weighted by atomic mass is 19.4. The van der Waals surface area contributed by atoms with Gasteiger partial charge in [-0.15, -0.1) is 0 Å². The van der Waals surface area contributed by atoms with Crippen LogP contribution in [-0.2, 0) is 11.0 Å². The largest absolute Gasteiger partial charge is 0.486 e. The van der Waals surface area contributed by atoms with Gasteiger partial charge in [-0.2, -0.15) is 13.2 Å². The molecule has 1 aliphatic rings. The molecule has 3 rings (SSSR count). The van der Waals surface area contributed by atoms with Crippen molar-refractivity contribution in [3.63, 3.8) is 0 Å². The topological polar surface area (TPSA) is 56.8 Å². The van der Waals surface area contributed by atoms with Gasteiger partial charge < -0.3 is 19.5 Å². The Morgan fingerprint density at radius 3 is 2.38 bits per heavy atom. The van der Waals surface area contributed by atoms with E-state index in [1.807, 2.05) is 0 Å². The van der Waals surface area contributed by atoms with Crippen LogP contribution in [0, 0.1) is 0 Å². The molecule has 1 N–H and O–H groups in total. The van der Waals surface area contributed by atoms with E-state index in [0.29, 0.717) is 30.4 Å². The second-order valence-corrected chi connectivity index (χ2v) is 5.63. The first kappa shape index (κ1) is 17.9. The maximum Gasteiger partial charge on any atom is 0.416 e. The van der Waals surface area contributed by atoms with Crippen LogP contribution in [0.4, 0.5) is 18.9 Å². The molecule has 1 atom stereocenters. The molecule has 1 heterocycles. The average molecular weight is 367 g/mol. The lowest BCUT2D eigenvalue weighted by atomic mass is 10.2. The third-order valence-corrected chi connectivity index (χ3v) is 3.67. The summed E-state index contributed by atoms with van der Waals surface area (Å²) in [6, 6.07) is 9.15. The van der Waals surface area contributed by atoms with Gasteiger partial charge in [-0.3, -0.25) is 4.79 Å². The van der Waals surface area contributed by atoms with Crippen molar-refractivity contribution < 1.29 is 32.2 Å². The first-order chi connectivity index (χ1) is 12.3. The number of fused-ring (bicyclic) bond motifs is 1. The SMILES string of the molecule is C[C@@H](Oc1ccc(C(F)(F)F)cc1)C(=O)Nc1ccc2c(c1)OCCO2. The molecule has 0 aromatic heterocycles. The summed E-state index contributed by atoms with van der Waals surface area (Å²) in [6.45, 7) is 2.40. The summed E-state index contributed by atoms with van der Waals surface area (Å²) >= 11 is 0. The Balaban J connectivity index is 1.61. The lowest BCUT2D eigenvalue weighted by molar-refractivity contribution is -0.137. The van der Waals surface area contributed by atoms with Crippen molar-refractivity contribution in [2.75, 3.05) is 18.5 Å². The lowest BCUT2D eigenvalue weighted by Gasteiger charge is -2.20. The number of ether oxygens (including phenoxy) is 3. The van der Waals surface area contributed by atoms with Crippen molar-refractivity contribution in [1.82, 2.24) is 0 Å². The molecule has 2 aromatic carbocycles. The summed E-state index contributed by atoms with van der Waals surface area (Å²) < 4.78 is 53.9. The number of benzene rings is 2. The summed E-state index contributed by atoms with van der Waals surface area (Å²) in [5.74, 6) is 0.859. The molecule has 0 unspecified atom stereocenters. The van der Waals surface area contributed by atoms with Gasteiger partial charge in [0, 0.05) is 11.8 Å². The quantitative estimate of drug-likeness (QED) is 0.891. The van der Waals surface area contributed by atoms with Crippen LogP contribution in [0.5, 0.6) is 17.2 Å². The maximum atomic E-state index is 12.5. The number of rotatable bonds is 4. The number of nitrogens with one attached hydrogen (secondary N) is 1. The van der Waals surface area contributed by atoms with Crippen molar-refractivity contribution in [3.05, 3.63) is 48.0 Å². The van der Waals surface area contributed by atoms with E-state index in [4.69, 9.17) is 14.2 Å². The minimum Gasteiger partial charge on any atom is -0.486 e. The van der Waals surface area contributed by atoms with E-state index < -0.39 is 23.8 Å². The Kier molecular flexibility index (Phi) is 4.92. The zero-order valence-corrected chi connectivity index (χ0v) is 13.8. The number of hydrogen-bond donors (Lipinski definition) is 1. The second kappa shape index (κ2) is 7.15. The van der Waals surface area contributed by atoms with E-state index in [-0.39, 0.29) is 5.75 Å². The van der Waals surface area contributed by atoms with Gasteiger partial charge in [-0.25, -0.2) is 0 Å². The van der Waals surface area contributed by atoms with Crippen LogP contribution >= 0.6 is 0 Å². The molecule has 0 bridgehead atoms. The molecule has 0 spiro atoms. The summed E-state index contributed by atoms with van der Waals surface area (Å²) in [6.07, 6.45) is -5.32. The van der Waals surface area contributed by atoms with Crippen LogP contribution in [0.1, 0.15) is 12.5 Å². The molecule has 0 fully saturated rings. The average Bonchev–Trinajstić information content (AvgIpc) is 2.61. The molecule has 138 valence electrons. The molecule has 0 aliphatic carbocycles. The molecule has 0 radical (unpaired) electrons. The van der Waals surface area contributed by atoms with Crippen LogP contribution in [0.3, 0.4) is 0 Å². The number of hydrogen-bond acceptors (Lipinski definition) is 4. The van der Waals surface area contributed by atoms with Gasteiger partial charge in [0.25, 0.3) is 5.91 Å². The zero-order chi connectivity index (χ0) is 18.7. The van der Waals surface area contributed by atoms with E-state index in [1.165, 1.54) is 19.1 Å². The van der Waals surface area contributed by atoms with Crippen LogP contribution < -0.4 is 19.5 Å². The monoisotopic (exact) mass is 367 g/mol. The van der Waals surface area contributed by atoms with Gasteiger partial charge in [0.05, 0.1) is 5.56 Å². The summed E-state index contributed by atoms with van der Waals surface area (Å²) in [4.78, 5) is 12.2. The van der Waals surface area contributed by atoms with Crippen LogP contribution in [0.25, 0.3) is 0 Å². The van der Waals surface area contributed by atoms with Gasteiger partial charge in [0.15, 0.2) is 17.6 Å². The van der Waals surface area contributed by atoms with Gasteiger partial charge in [0.1, 0.15) is 19.0 Å². The Morgan fingerprint density at radius 2 is 1.73 bits per heavy atom. The summed E-state index contributed by atoms with van der Waals surface area (Å²) in [5, 5.41) is 2.67. The van der Waals surface area contributed by atoms with Gasteiger partial charge in [-0.05, 0) is 43.3 Å². The number of anilines is 1. The van der Waals surface area contributed by atoms with Gasteiger partial charge >= 0.3 is 6.18 Å². The number of halogens is 3. The minimum absolute atomic E-state index is 0.169. The van der Waals surface area contributed by atoms with Crippen LogP contribution in [0.2, 0.25) is 0 Å². The van der Waals surface area contributed by atoms with Crippen molar-refractivity contribution in [1.29, 1.82) is 0 Å². The number of alkyl halides is 3. The van der Waals surface area contributed by atoms with Crippen molar-refractivity contribution in [3.8, 4) is 17.2 Å². The molecule has 5 nitrogen and oxygen atoms in total. The summed E-state index contributed by atoms with van der Waals surface area (Å²) in [7, 11) is 0. The minimum atomic E-state index is -4.42. The molecule has 1 aliphatic heterocycles. The first-order valence-corrected chi connectivity index (χ1v) is 7.87. The molecule has 2 aromatic rings. The van der Waals surface area contributed by atoms with Crippen molar-refractivity contribution in [2.45, 2.75) is 19.2 Å². The zero-order valence-electron chi connectivity index (χ0n) is 13.8. The third kappa shape index (κ3) is 4.19. The Hall–Kier alpha value is -2.90. The maximum absolute atomic E-state index is 12.5. The molecular formula is C18H16F3NO4. The van der Waals surface area contributed by atoms with E-state index in [9.17, 15) is 18.0 Å². The van der Waals surface area contributed by atoms with Crippen molar-refractivity contribution >= 4 is 11.6 Å². The predicted molar refractivity (Wildman–Crippen MR) is 87.6 cm³/mol. The Morgan fingerprint density at radius 1 is 1.08 bits per heavy atom. The summed E-state index contributed by atoms with van der Waals surface area (Å²) in [5.41, 5.74) is -0.277. The smallest absolute Gasteiger partial charge is 0.416 e. The molecular weight excluding hydrogens is 351 g/mol. The fourth-order valence-corrected chi connectivity index (χ4v) is 2.35. The van der Waals surface area contributed by atoms with Crippen molar-refractivity contribution in [2.24, 2.45) is 0 Å². The first-order valence-electron chi connectivity index (χ1n) is 7.87. The van der Waals surface area contributed by atoms with E-state index in [2.05, 4.69) is 5.32 Å². The lowest BCUT2D eigenvalue weighted by Crippen LogP contribution is -2.30. The highest BCUT2D eigenvalue weighted by Crippen LogP contribution is 2.33.